The van der Waals surface area contributed by atoms with Crippen LogP contribution >= 0.6 is 0 Å². The molecule has 84 valence electrons. The SMILES string of the molecule is CCNCc1ccc(C(F)F)c(F)c1F. The number of nitrogens with one attached hydrogen (secondary N) is 1. The summed E-state index contributed by atoms with van der Waals surface area (Å²) in [7, 11) is 0. The summed E-state index contributed by atoms with van der Waals surface area (Å²) in [5, 5.41) is 2.79. The van der Waals surface area contributed by atoms with E-state index >= 15 is 0 Å². The molecule has 0 fully saturated rings. The Morgan fingerprint density at radius 1 is 1.20 bits per heavy atom. The number of halogens is 4. The van der Waals surface area contributed by atoms with Gasteiger partial charge in [0.05, 0.1) is 5.56 Å². The fourth-order valence-electron chi connectivity index (χ4n) is 1.17. The zero-order valence-corrected chi connectivity index (χ0v) is 8.16. The first-order chi connectivity index (χ1) is 7.07. The molecule has 0 aliphatic heterocycles. The van der Waals surface area contributed by atoms with E-state index in [0.29, 0.717) is 6.54 Å². The summed E-state index contributed by atoms with van der Waals surface area (Å²) in [6.45, 7) is 2.53. The minimum Gasteiger partial charge on any atom is -0.313 e. The molecule has 0 spiro atoms. The van der Waals surface area contributed by atoms with Crippen LogP contribution in [0, 0.1) is 11.6 Å². The molecule has 1 nitrogen and oxygen atoms in total. The van der Waals surface area contributed by atoms with Crippen molar-refractivity contribution in [2.45, 2.75) is 19.9 Å². The monoisotopic (exact) mass is 221 g/mol. The minimum absolute atomic E-state index is 0.0544. The van der Waals surface area contributed by atoms with Crippen LogP contribution < -0.4 is 5.32 Å². The Bertz CT molecular complexity index is 338. The van der Waals surface area contributed by atoms with E-state index in [0.717, 1.165) is 6.07 Å². The topological polar surface area (TPSA) is 12.0 Å². The van der Waals surface area contributed by atoms with Crippen LogP contribution in [0.2, 0.25) is 0 Å². The molecule has 0 atom stereocenters. The van der Waals surface area contributed by atoms with Gasteiger partial charge in [-0.3, -0.25) is 0 Å². The number of hydrogen-bond acceptors (Lipinski definition) is 1. The maximum Gasteiger partial charge on any atom is 0.266 e. The Hall–Kier alpha value is -1.10. The van der Waals surface area contributed by atoms with Crippen molar-refractivity contribution in [1.29, 1.82) is 0 Å². The van der Waals surface area contributed by atoms with Crippen LogP contribution in [0.3, 0.4) is 0 Å². The molecule has 1 rings (SSSR count). The van der Waals surface area contributed by atoms with Crippen LogP contribution in [0.25, 0.3) is 0 Å². The van der Waals surface area contributed by atoms with Crippen molar-refractivity contribution in [2.24, 2.45) is 0 Å². The average Bonchev–Trinajstić information content (AvgIpc) is 2.20. The van der Waals surface area contributed by atoms with Gasteiger partial charge in [-0.1, -0.05) is 13.0 Å². The van der Waals surface area contributed by atoms with Gasteiger partial charge in [0.15, 0.2) is 11.6 Å². The summed E-state index contributed by atoms with van der Waals surface area (Å²) in [6.07, 6.45) is -2.99. The second-order valence-corrected chi connectivity index (χ2v) is 3.02. The van der Waals surface area contributed by atoms with Crippen LogP contribution in [0.4, 0.5) is 17.6 Å². The lowest BCUT2D eigenvalue weighted by molar-refractivity contribution is 0.145. The van der Waals surface area contributed by atoms with Gasteiger partial charge >= 0.3 is 0 Å². The molecule has 0 heterocycles. The van der Waals surface area contributed by atoms with Crippen LogP contribution in [-0.4, -0.2) is 6.54 Å². The summed E-state index contributed by atoms with van der Waals surface area (Å²) in [5.41, 5.74) is -0.841. The molecule has 0 saturated heterocycles. The lowest BCUT2D eigenvalue weighted by Gasteiger charge is -2.08. The maximum atomic E-state index is 13.2. The Labute approximate surface area is 85.1 Å². The van der Waals surface area contributed by atoms with Crippen molar-refractivity contribution in [2.75, 3.05) is 6.54 Å². The molecule has 0 unspecified atom stereocenters. The van der Waals surface area contributed by atoms with Gasteiger partial charge in [-0.15, -0.1) is 0 Å². The van der Waals surface area contributed by atoms with Crippen LogP contribution in [0.1, 0.15) is 24.5 Å². The van der Waals surface area contributed by atoms with Gasteiger partial charge in [0.1, 0.15) is 0 Å². The Morgan fingerprint density at radius 2 is 1.87 bits per heavy atom. The summed E-state index contributed by atoms with van der Waals surface area (Å²) in [6, 6.07) is 2.08. The zero-order chi connectivity index (χ0) is 11.4. The molecule has 0 aliphatic rings. The molecular weight excluding hydrogens is 210 g/mol. The van der Waals surface area contributed by atoms with Gasteiger partial charge in [-0.05, 0) is 12.6 Å². The summed E-state index contributed by atoms with van der Waals surface area (Å²) < 4.78 is 50.6. The number of rotatable bonds is 4. The Morgan fingerprint density at radius 3 is 2.40 bits per heavy atom. The summed E-state index contributed by atoms with van der Waals surface area (Å²) in [5.74, 6) is -2.66. The lowest BCUT2D eigenvalue weighted by atomic mass is 10.1. The molecule has 0 saturated carbocycles. The van der Waals surface area contributed by atoms with Crippen molar-refractivity contribution in [1.82, 2.24) is 5.32 Å². The molecule has 0 bridgehead atoms. The third-order valence-corrected chi connectivity index (χ3v) is 1.99. The van der Waals surface area contributed by atoms with Gasteiger partial charge in [0.25, 0.3) is 6.43 Å². The first-order valence-corrected chi connectivity index (χ1v) is 4.53. The number of hydrogen-bond donors (Lipinski definition) is 1. The minimum atomic E-state index is -2.99. The van der Waals surface area contributed by atoms with Gasteiger partial charge in [0, 0.05) is 12.1 Å². The van der Waals surface area contributed by atoms with Crippen LogP contribution in [-0.2, 0) is 6.54 Å². The molecular formula is C10H11F4N. The van der Waals surface area contributed by atoms with E-state index < -0.39 is 23.6 Å². The van der Waals surface area contributed by atoms with Crippen molar-refractivity contribution in [3.63, 3.8) is 0 Å². The summed E-state index contributed by atoms with van der Waals surface area (Å²) in [4.78, 5) is 0. The number of benzene rings is 1. The zero-order valence-electron chi connectivity index (χ0n) is 8.16. The largest absolute Gasteiger partial charge is 0.313 e. The van der Waals surface area contributed by atoms with E-state index in [-0.39, 0.29) is 12.1 Å². The van der Waals surface area contributed by atoms with Gasteiger partial charge in [-0.2, -0.15) is 0 Å². The van der Waals surface area contributed by atoms with Crippen LogP contribution in [0.5, 0.6) is 0 Å². The highest BCUT2D eigenvalue weighted by Crippen LogP contribution is 2.25. The van der Waals surface area contributed by atoms with Crippen molar-refractivity contribution in [3.8, 4) is 0 Å². The predicted molar refractivity (Wildman–Crippen MR) is 48.7 cm³/mol. The van der Waals surface area contributed by atoms with Gasteiger partial charge in [-0.25, -0.2) is 17.6 Å². The molecule has 1 aromatic rings. The highest BCUT2D eigenvalue weighted by molar-refractivity contribution is 5.27. The second kappa shape index (κ2) is 5.11. The molecule has 5 heteroatoms. The van der Waals surface area contributed by atoms with E-state index in [4.69, 9.17) is 0 Å². The predicted octanol–water partition coefficient (Wildman–Crippen LogP) is 3.01. The molecule has 0 amide bonds. The number of alkyl halides is 2. The lowest BCUT2D eigenvalue weighted by Crippen LogP contribution is -2.14. The molecule has 1 N–H and O–H groups in total. The standard InChI is InChI=1S/C10H11F4N/c1-2-15-5-6-3-4-7(10(13)14)9(12)8(6)11/h3-4,10,15H,2,5H2,1H3. The van der Waals surface area contributed by atoms with Crippen molar-refractivity contribution >= 4 is 0 Å². The third kappa shape index (κ3) is 2.68. The van der Waals surface area contributed by atoms with Gasteiger partial charge in [0.2, 0.25) is 0 Å². The highest BCUT2D eigenvalue weighted by Gasteiger charge is 2.18. The molecule has 0 aromatic heterocycles. The first-order valence-electron chi connectivity index (χ1n) is 4.53. The molecule has 1 aromatic carbocycles. The van der Waals surface area contributed by atoms with Gasteiger partial charge < -0.3 is 5.32 Å². The third-order valence-electron chi connectivity index (χ3n) is 1.99. The highest BCUT2D eigenvalue weighted by atomic mass is 19.3. The van der Waals surface area contributed by atoms with E-state index in [2.05, 4.69) is 5.32 Å². The van der Waals surface area contributed by atoms with Crippen LogP contribution in [0.15, 0.2) is 12.1 Å². The second-order valence-electron chi connectivity index (χ2n) is 3.02. The summed E-state index contributed by atoms with van der Waals surface area (Å²) >= 11 is 0. The van der Waals surface area contributed by atoms with E-state index in [1.54, 1.807) is 0 Å². The Kier molecular flexibility index (Phi) is 4.08. The Balaban J connectivity index is 2.99. The average molecular weight is 221 g/mol. The van der Waals surface area contributed by atoms with E-state index in [1.165, 1.54) is 6.07 Å². The molecule has 15 heavy (non-hydrogen) atoms. The molecule has 0 aliphatic carbocycles. The maximum absolute atomic E-state index is 13.2. The molecule has 0 radical (unpaired) electrons. The van der Waals surface area contributed by atoms with E-state index in [9.17, 15) is 17.6 Å². The van der Waals surface area contributed by atoms with Crippen molar-refractivity contribution in [3.05, 3.63) is 34.9 Å². The van der Waals surface area contributed by atoms with E-state index in [1.807, 2.05) is 6.92 Å². The quantitative estimate of drug-likeness (QED) is 0.770. The first kappa shape index (κ1) is 12.0. The van der Waals surface area contributed by atoms with Crippen molar-refractivity contribution < 1.29 is 17.6 Å². The normalized spacial score (nSPS) is 11.1. The fourth-order valence-corrected chi connectivity index (χ4v) is 1.17. The smallest absolute Gasteiger partial charge is 0.266 e. The fraction of sp³-hybridized carbons (Fsp3) is 0.400.